The van der Waals surface area contributed by atoms with Crippen molar-refractivity contribution in [3.63, 3.8) is 0 Å². The number of rotatable bonds is 11. The third-order valence-electron chi connectivity index (χ3n) is 3.35. The number of benzene rings is 1. The summed E-state index contributed by atoms with van der Waals surface area (Å²) in [6, 6.07) is 8.13. The number of guanidine groups is 1. The van der Waals surface area contributed by atoms with Crippen LogP contribution in [0.4, 0.5) is 0 Å². The van der Waals surface area contributed by atoms with Crippen LogP contribution in [0.15, 0.2) is 29.3 Å². The van der Waals surface area contributed by atoms with Crippen LogP contribution in [0.5, 0.6) is 5.75 Å². The van der Waals surface area contributed by atoms with Crippen molar-refractivity contribution in [2.24, 2.45) is 4.99 Å². The molecular weight excluding hydrogens is 302 g/mol. The fourth-order valence-corrected chi connectivity index (χ4v) is 2.14. The Kier molecular flexibility index (Phi) is 10.7. The van der Waals surface area contributed by atoms with Gasteiger partial charge >= 0.3 is 0 Å². The van der Waals surface area contributed by atoms with Gasteiger partial charge in [0.05, 0.1) is 6.10 Å². The van der Waals surface area contributed by atoms with E-state index in [9.17, 15) is 0 Å². The maximum atomic E-state index is 5.72. The number of aliphatic imine (C=N–C) groups is 1. The van der Waals surface area contributed by atoms with E-state index in [0.29, 0.717) is 6.54 Å². The van der Waals surface area contributed by atoms with Gasteiger partial charge in [0.25, 0.3) is 0 Å². The zero-order valence-corrected chi connectivity index (χ0v) is 15.6. The average Bonchev–Trinajstić information content (AvgIpc) is 2.56. The van der Waals surface area contributed by atoms with Gasteiger partial charge in [-0.25, -0.2) is 0 Å². The molecule has 0 amide bonds. The van der Waals surface area contributed by atoms with Crippen molar-refractivity contribution in [2.45, 2.75) is 52.7 Å². The van der Waals surface area contributed by atoms with Crippen LogP contribution in [0.3, 0.4) is 0 Å². The van der Waals surface area contributed by atoms with Crippen LogP contribution in [0, 0.1) is 0 Å². The summed E-state index contributed by atoms with van der Waals surface area (Å²) in [5.41, 5.74) is 1.17. The molecule has 1 aromatic rings. The third kappa shape index (κ3) is 9.40. The minimum absolute atomic E-state index is 0.183. The predicted molar refractivity (Wildman–Crippen MR) is 101 cm³/mol. The Bertz CT molecular complexity index is 475. The Morgan fingerprint density at radius 1 is 1.17 bits per heavy atom. The van der Waals surface area contributed by atoms with E-state index in [2.05, 4.69) is 34.7 Å². The van der Waals surface area contributed by atoms with Crippen LogP contribution >= 0.6 is 0 Å². The molecule has 5 heteroatoms. The van der Waals surface area contributed by atoms with Gasteiger partial charge in [0.2, 0.25) is 0 Å². The maximum absolute atomic E-state index is 5.72. The van der Waals surface area contributed by atoms with Crippen molar-refractivity contribution < 1.29 is 9.47 Å². The van der Waals surface area contributed by atoms with Crippen molar-refractivity contribution in [1.29, 1.82) is 0 Å². The summed E-state index contributed by atoms with van der Waals surface area (Å²) < 4.78 is 11.3. The first-order valence-corrected chi connectivity index (χ1v) is 8.93. The Morgan fingerprint density at radius 2 is 1.96 bits per heavy atom. The first kappa shape index (κ1) is 20.3. The molecule has 0 fully saturated rings. The van der Waals surface area contributed by atoms with Crippen LogP contribution in [0.25, 0.3) is 0 Å². The fourth-order valence-electron chi connectivity index (χ4n) is 2.14. The first-order chi connectivity index (χ1) is 11.7. The molecule has 0 aromatic heterocycles. The van der Waals surface area contributed by atoms with Crippen molar-refractivity contribution in [3.8, 4) is 5.75 Å². The van der Waals surface area contributed by atoms with Crippen molar-refractivity contribution in [1.82, 2.24) is 10.6 Å². The van der Waals surface area contributed by atoms with Gasteiger partial charge in [-0.1, -0.05) is 25.5 Å². The highest BCUT2D eigenvalue weighted by molar-refractivity contribution is 5.79. The summed E-state index contributed by atoms with van der Waals surface area (Å²) in [5.74, 6) is 1.70. The molecule has 0 atom stereocenters. The largest absolute Gasteiger partial charge is 0.491 e. The molecule has 0 aliphatic carbocycles. The molecule has 0 saturated carbocycles. The number of hydrogen-bond acceptors (Lipinski definition) is 3. The molecule has 0 bridgehead atoms. The zero-order chi connectivity index (χ0) is 17.6. The molecule has 0 saturated heterocycles. The summed E-state index contributed by atoms with van der Waals surface area (Å²) in [6.45, 7) is 9.44. The van der Waals surface area contributed by atoms with Crippen molar-refractivity contribution in [3.05, 3.63) is 29.8 Å². The highest BCUT2D eigenvalue weighted by Gasteiger charge is 2.01. The summed E-state index contributed by atoms with van der Waals surface area (Å²) in [7, 11) is 1.78. The molecule has 0 aliphatic heterocycles. The van der Waals surface area contributed by atoms with E-state index in [0.717, 1.165) is 44.3 Å². The molecule has 2 N–H and O–H groups in total. The van der Waals surface area contributed by atoms with E-state index < -0.39 is 0 Å². The van der Waals surface area contributed by atoms with Gasteiger partial charge in [0.1, 0.15) is 5.75 Å². The normalized spacial score (nSPS) is 11.6. The summed E-state index contributed by atoms with van der Waals surface area (Å²) in [6.07, 6.45) is 3.47. The average molecular weight is 335 g/mol. The van der Waals surface area contributed by atoms with E-state index in [1.165, 1.54) is 12.0 Å². The molecule has 0 unspecified atom stereocenters. The lowest BCUT2D eigenvalue weighted by molar-refractivity contribution is 0.129. The Balaban J connectivity index is 2.26. The van der Waals surface area contributed by atoms with Gasteiger partial charge in [-0.2, -0.15) is 0 Å². The highest BCUT2D eigenvalue weighted by atomic mass is 16.5. The molecule has 0 aliphatic rings. The van der Waals surface area contributed by atoms with Gasteiger partial charge < -0.3 is 20.1 Å². The molecule has 0 heterocycles. The van der Waals surface area contributed by atoms with Crippen LogP contribution in [-0.4, -0.2) is 38.9 Å². The van der Waals surface area contributed by atoms with Gasteiger partial charge in [0.15, 0.2) is 5.96 Å². The zero-order valence-electron chi connectivity index (χ0n) is 15.6. The number of nitrogens with one attached hydrogen (secondary N) is 2. The monoisotopic (exact) mass is 335 g/mol. The molecule has 1 aromatic carbocycles. The minimum atomic E-state index is 0.183. The van der Waals surface area contributed by atoms with E-state index in [1.807, 2.05) is 26.0 Å². The van der Waals surface area contributed by atoms with Gasteiger partial charge in [-0.15, -0.1) is 0 Å². The van der Waals surface area contributed by atoms with Gasteiger partial charge in [-0.3, -0.25) is 4.99 Å². The van der Waals surface area contributed by atoms with Gasteiger partial charge in [-0.05, 0) is 44.4 Å². The van der Waals surface area contributed by atoms with E-state index in [4.69, 9.17) is 9.47 Å². The Hall–Kier alpha value is -1.75. The number of nitrogens with zero attached hydrogens (tertiary/aromatic N) is 1. The minimum Gasteiger partial charge on any atom is -0.491 e. The standard InChI is InChI=1S/C19H33N3O2/c1-5-6-12-23-13-8-11-21-19(20-4)22-15-17-9-7-10-18(14-17)24-16(2)3/h7,9-10,14,16H,5-6,8,11-13,15H2,1-4H3,(H2,20,21,22). The molecule has 5 nitrogen and oxygen atoms in total. The van der Waals surface area contributed by atoms with Crippen LogP contribution in [-0.2, 0) is 11.3 Å². The van der Waals surface area contributed by atoms with Crippen molar-refractivity contribution in [2.75, 3.05) is 26.8 Å². The molecular formula is C19H33N3O2. The second-order valence-corrected chi connectivity index (χ2v) is 5.99. The molecule has 136 valence electrons. The van der Waals surface area contributed by atoms with Crippen molar-refractivity contribution >= 4 is 5.96 Å². The molecule has 0 spiro atoms. The fraction of sp³-hybridized carbons (Fsp3) is 0.632. The molecule has 0 radical (unpaired) electrons. The topological polar surface area (TPSA) is 54.9 Å². The maximum Gasteiger partial charge on any atom is 0.191 e. The second kappa shape index (κ2) is 12.6. The lowest BCUT2D eigenvalue weighted by Gasteiger charge is -2.14. The Morgan fingerprint density at radius 3 is 2.67 bits per heavy atom. The second-order valence-electron chi connectivity index (χ2n) is 5.99. The summed E-state index contributed by atoms with van der Waals surface area (Å²) >= 11 is 0. The van der Waals surface area contributed by atoms with E-state index in [-0.39, 0.29) is 6.10 Å². The lowest BCUT2D eigenvalue weighted by atomic mass is 10.2. The number of unbranched alkanes of at least 4 members (excludes halogenated alkanes) is 1. The predicted octanol–water partition coefficient (Wildman–Crippen LogP) is 3.35. The van der Waals surface area contributed by atoms with Gasteiger partial charge in [0, 0.05) is 33.4 Å². The van der Waals surface area contributed by atoms with Crippen LogP contribution in [0.1, 0.15) is 45.6 Å². The summed E-state index contributed by atoms with van der Waals surface area (Å²) in [4.78, 5) is 4.24. The SMILES string of the molecule is CCCCOCCCNC(=NC)NCc1cccc(OC(C)C)c1. The third-order valence-corrected chi connectivity index (χ3v) is 3.35. The Labute approximate surface area is 146 Å². The quantitative estimate of drug-likeness (QED) is 0.370. The number of hydrogen-bond donors (Lipinski definition) is 2. The molecule has 24 heavy (non-hydrogen) atoms. The first-order valence-electron chi connectivity index (χ1n) is 8.93. The molecule has 1 rings (SSSR count). The lowest BCUT2D eigenvalue weighted by Crippen LogP contribution is -2.37. The van der Waals surface area contributed by atoms with E-state index >= 15 is 0 Å². The van der Waals surface area contributed by atoms with Crippen LogP contribution < -0.4 is 15.4 Å². The highest BCUT2D eigenvalue weighted by Crippen LogP contribution is 2.14. The smallest absolute Gasteiger partial charge is 0.191 e. The summed E-state index contributed by atoms with van der Waals surface area (Å²) in [5, 5.41) is 6.63. The van der Waals surface area contributed by atoms with E-state index in [1.54, 1.807) is 7.05 Å². The van der Waals surface area contributed by atoms with Crippen LogP contribution in [0.2, 0.25) is 0 Å². The number of ether oxygens (including phenoxy) is 2.